The minimum Gasteiger partial charge on any atom is -0.462 e. The molecule has 2 saturated heterocycles. The summed E-state index contributed by atoms with van der Waals surface area (Å²) in [6, 6.07) is 0. The molecule has 0 bridgehead atoms. The van der Waals surface area contributed by atoms with Crippen LogP contribution in [0, 0.1) is 0 Å². The third kappa shape index (κ3) is 19.8. The van der Waals surface area contributed by atoms with Gasteiger partial charge in [0.2, 0.25) is 0 Å². The fourth-order valence-corrected chi connectivity index (χ4v) is 6.62. The van der Waals surface area contributed by atoms with Gasteiger partial charge in [0, 0.05) is 12.8 Å². The number of aliphatic hydroxyl groups excluding tert-OH is 7. The molecule has 4 unspecified atom stereocenters. The number of carbonyl (C=O) groups excluding carboxylic acids is 2. The fourth-order valence-electron chi connectivity index (χ4n) is 6.62. The van der Waals surface area contributed by atoms with Crippen molar-refractivity contribution in [1.82, 2.24) is 0 Å². The van der Waals surface area contributed by atoms with Crippen molar-refractivity contribution >= 4 is 11.9 Å². The van der Waals surface area contributed by atoms with Gasteiger partial charge in [-0.25, -0.2) is 0 Å². The summed E-state index contributed by atoms with van der Waals surface area (Å²) >= 11 is 0. The molecule has 0 aromatic rings. The number of unbranched alkanes of at least 4 members (excludes halogenated alkanes) is 15. The van der Waals surface area contributed by atoms with E-state index in [4.69, 9.17) is 28.4 Å². The van der Waals surface area contributed by atoms with Crippen molar-refractivity contribution in [3.05, 3.63) is 12.2 Å². The van der Waals surface area contributed by atoms with E-state index in [1.807, 2.05) is 0 Å². The van der Waals surface area contributed by atoms with Gasteiger partial charge in [0.15, 0.2) is 18.7 Å². The molecule has 2 rings (SSSR count). The van der Waals surface area contributed by atoms with Gasteiger partial charge in [-0.3, -0.25) is 9.59 Å². The Morgan fingerprint density at radius 1 is 0.554 bits per heavy atom. The first-order valence-corrected chi connectivity index (χ1v) is 21.3. The molecule has 15 nitrogen and oxygen atoms in total. The Labute approximate surface area is 333 Å². The third-order valence-corrected chi connectivity index (χ3v) is 10.2. The molecule has 2 fully saturated rings. The van der Waals surface area contributed by atoms with Gasteiger partial charge in [-0.15, -0.1) is 0 Å². The molecule has 0 aromatic heterocycles. The summed E-state index contributed by atoms with van der Waals surface area (Å²) in [5.41, 5.74) is 0. The normalized spacial score (nSPS) is 28.7. The molecule has 7 N–H and O–H groups in total. The summed E-state index contributed by atoms with van der Waals surface area (Å²) in [5.74, 6) is -0.940. The lowest BCUT2D eigenvalue weighted by Gasteiger charge is -2.42. The first-order valence-electron chi connectivity index (χ1n) is 21.3. The van der Waals surface area contributed by atoms with Gasteiger partial charge < -0.3 is 64.2 Å². The molecule has 0 aromatic carbocycles. The molecule has 328 valence electrons. The number of carbonyl (C=O) groups is 2. The summed E-state index contributed by atoms with van der Waals surface area (Å²) < 4.78 is 33.3. The van der Waals surface area contributed by atoms with E-state index >= 15 is 0 Å². The molecule has 11 atom stereocenters. The van der Waals surface area contributed by atoms with Crippen LogP contribution in [-0.4, -0.2) is 142 Å². The molecule has 2 aliphatic rings. The van der Waals surface area contributed by atoms with Crippen LogP contribution in [-0.2, 0) is 38.0 Å². The maximum Gasteiger partial charge on any atom is 0.306 e. The molecule has 0 radical (unpaired) electrons. The highest BCUT2D eigenvalue weighted by Gasteiger charge is 2.47. The highest BCUT2D eigenvalue weighted by molar-refractivity contribution is 5.70. The van der Waals surface area contributed by atoms with Crippen LogP contribution in [0.5, 0.6) is 0 Å². The summed E-state index contributed by atoms with van der Waals surface area (Å²) in [6.45, 7) is 2.48. The Hall–Kier alpha value is -1.76. The van der Waals surface area contributed by atoms with Crippen molar-refractivity contribution in [3.63, 3.8) is 0 Å². The van der Waals surface area contributed by atoms with Crippen molar-refractivity contribution in [2.45, 2.75) is 210 Å². The molecule has 0 saturated carbocycles. The van der Waals surface area contributed by atoms with Crippen LogP contribution in [0.1, 0.15) is 142 Å². The van der Waals surface area contributed by atoms with Gasteiger partial charge in [-0.1, -0.05) is 103 Å². The number of allylic oxidation sites excluding steroid dienone is 2. The smallest absolute Gasteiger partial charge is 0.306 e. The fraction of sp³-hybridized carbons (Fsp3) is 0.902. The van der Waals surface area contributed by atoms with Crippen molar-refractivity contribution < 1.29 is 73.8 Å². The minimum atomic E-state index is -1.76. The maximum absolute atomic E-state index is 12.8. The topological polar surface area (TPSA) is 231 Å². The Bertz CT molecular complexity index is 1040. The van der Waals surface area contributed by atoms with Crippen LogP contribution in [0.2, 0.25) is 0 Å². The van der Waals surface area contributed by atoms with Crippen LogP contribution < -0.4 is 0 Å². The molecular weight excluding hydrogens is 732 g/mol. The zero-order valence-corrected chi connectivity index (χ0v) is 33.9. The lowest BCUT2D eigenvalue weighted by molar-refractivity contribution is -0.332. The van der Waals surface area contributed by atoms with Crippen molar-refractivity contribution in [3.8, 4) is 0 Å². The van der Waals surface area contributed by atoms with Crippen molar-refractivity contribution in [2.75, 3.05) is 26.4 Å². The van der Waals surface area contributed by atoms with E-state index in [1.165, 1.54) is 44.9 Å². The predicted molar refractivity (Wildman–Crippen MR) is 206 cm³/mol. The second-order valence-corrected chi connectivity index (χ2v) is 15.2. The number of ether oxygens (including phenoxy) is 6. The van der Waals surface area contributed by atoms with E-state index in [2.05, 4.69) is 26.0 Å². The molecule has 0 aliphatic carbocycles. The Morgan fingerprint density at radius 3 is 1.61 bits per heavy atom. The molecule has 2 heterocycles. The monoisotopic (exact) mass is 807 g/mol. The molecule has 15 heteroatoms. The quantitative estimate of drug-likeness (QED) is 0.0302. The number of hydrogen-bond acceptors (Lipinski definition) is 15. The van der Waals surface area contributed by atoms with Gasteiger partial charge in [0.05, 0.1) is 19.8 Å². The van der Waals surface area contributed by atoms with E-state index in [0.29, 0.717) is 12.8 Å². The first kappa shape index (κ1) is 50.4. The summed E-state index contributed by atoms with van der Waals surface area (Å²) in [4.78, 5) is 25.4. The second-order valence-electron chi connectivity index (χ2n) is 15.2. The van der Waals surface area contributed by atoms with Gasteiger partial charge in [0.1, 0.15) is 55.4 Å². The largest absolute Gasteiger partial charge is 0.462 e. The number of esters is 2. The van der Waals surface area contributed by atoms with Crippen molar-refractivity contribution in [1.29, 1.82) is 0 Å². The lowest BCUT2D eigenvalue weighted by Crippen LogP contribution is -2.61. The average Bonchev–Trinajstić information content (AvgIpc) is 3.19. The van der Waals surface area contributed by atoms with Gasteiger partial charge in [0.25, 0.3) is 0 Å². The van der Waals surface area contributed by atoms with Crippen LogP contribution in [0.25, 0.3) is 0 Å². The van der Waals surface area contributed by atoms with E-state index < -0.39 is 92.7 Å². The number of rotatable bonds is 31. The summed E-state index contributed by atoms with van der Waals surface area (Å²) in [7, 11) is 0. The van der Waals surface area contributed by atoms with E-state index in [0.717, 1.165) is 57.8 Å². The molecule has 2 aliphatic heterocycles. The van der Waals surface area contributed by atoms with Gasteiger partial charge in [-0.2, -0.15) is 0 Å². The Kier molecular flexibility index (Phi) is 27.3. The predicted octanol–water partition coefficient (Wildman–Crippen LogP) is 3.48. The second kappa shape index (κ2) is 30.3. The van der Waals surface area contributed by atoms with Gasteiger partial charge >= 0.3 is 11.9 Å². The van der Waals surface area contributed by atoms with Gasteiger partial charge in [-0.05, 0) is 38.5 Å². The number of aliphatic hydroxyl groups is 7. The van der Waals surface area contributed by atoms with Crippen molar-refractivity contribution in [2.24, 2.45) is 0 Å². The maximum atomic E-state index is 12.8. The van der Waals surface area contributed by atoms with E-state index in [-0.39, 0.29) is 26.1 Å². The van der Waals surface area contributed by atoms with Crippen LogP contribution in [0.15, 0.2) is 12.2 Å². The standard InChI is InChI=1S/C41H74O15/c1-3-5-7-9-11-13-14-15-16-18-19-21-23-32(43)51-26-29(54-33(44)24-22-20-17-12-10-8-6-4-2)27-52-40-39(50)37(48)35(46)31(56-40)28-53-41-38(49)36(47)34(45)30(25-42)55-41/h11,13,29-31,34-42,45-50H,3-10,12,14-28H2,1-2H3/b13-11+/t29-,30-,31-,34+,35+,36?,37?,38?,39?,40-,41-/m1/s1. The summed E-state index contributed by atoms with van der Waals surface area (Å²) in [6.07, 6.45) is 7.14. The molecular formula is C41H74O15. The van der Waals surface area contributed by atoms with Crippen LogP contribution >= 0.6 is 0 Å². The highest BCUT2D eigenvalue weighted by atomic mass is 16.7. The SMILES string of the molecule is CCCCC/C=C/CCCCCCCC(=O)OC[C@H](CO[C@@H]1O[C@H](CO[C@@H]2O[C@H](CO)[C@H](O)C(O)C2O)[C@H](O)C(O)C1O)OC(=O)CCCCCCCCCC. The first-order chi connectivity index (χ1) is 27.0. The Balaban J connectivity index is 1.88. The minimum absolute atomic E-state index is 0.166. The average molecular weight is 807 g/mol. The zero-order chi connectivity index (χ0) is 41.1. The molecule has 56 heavy (non-hydrogen) atoms. The number of hydrogen-bond donors (Lipinski definition) is 7. The highest BCUT2D eigenvalue weighted by Crippen LogP contribution is 2.26. The lowest BCUT2D eigenvalue weighted by atomic mass is 9.98. The van der Waals surface area contributed by atoms with Crippen LogP contribution in [0.3, 0.4) is 0 Å². The molecule has 0 spiro atoms. The zero-order valence-electron chi connectivity index (χ0n) is 33.9. The summed E-state index contributed by atoms with van der Waals surface area (Å²) in [5, 5.41) is 71.6. The Morgan fingerprint density at radius 2 is 1.02 bits per heavy atom. The van der Waals surface area contributed by atoms with E-state index in [1.54, 1.807) is 0 Å². The van der Waals surface area contributed by atoms with E-state index in [9.17, 15) is 45.3 Å². The molecule has 0 amide bonds. The third-order valence-electron chi connectivity index (χ3n) is 10.2. The van der Waals surface area contributed by atoms with Crippen LogP contribution in [0.4, 0.5) is 0 Å².